The molecule has 1 heterocycles. The van der Waals surface area contributed by atoms with E-state index in [1.807, 2.05) is 0 Å². The van der Waals surface area contributed by atoms with E-state index in [0.29, 0.717) is 6.61 Å². The standard InChI is InChI=1S/C25H37Br2N2O/c1-6-10-22-20(7-2)17-29(18-21(22)8-3)13-11-19-15-23(26)25(24(27)16-19)30-14-9-12-28(4)5/h15-18H,6-14H2,1-5H3/q+1. The van der Waals surface area contributed by atoms with Crippen LogP contribution in [0.1, 0.15) is 55.9 Å². The quantitative estimate of drug-likeness (QED) is 0.237. The molecule has 2 aromatic rings. The number of aromatic nitrogens is 1. The highest BCUT2D eigenvalue weighted by Crippen LogP contribution is 2.35. The first-order valence-corrected chi connectivity index (χ1v) is 12.8. The lowest BCUT2D eigenvalue weighted by atomic mass is 9.96. The van der Waals surface area contributed by atoms with Gasteiger partial charge in [-0.05, 0) is 94.9 Å². The van der Waals surface area contributed by atoms with E-state index in [1.165, 1.54) is 29.5 Å². The molecule has 0 saturated carbocycles. The Morgan fingerprint density at radius 1 is 0.933 bits per heavy atom. The molecule has 0 saturated heterocycles. The summed E-state index contributed by atoms with van der Waals surface area (Å²) in [6.45, 7) is 9.53. The van der Waals surface area contributed by atoms with E-state index < -0.39 is 0 Å². The summed E-state index contributed by atoms with van der Waals surface area (Å²) in [6, 6.07) is 4.39. The molecule has 0 unspecified atom stereocenters. The van der Waals surface area contributed by atoms with Gasteiger partial charge in [0.15, 0.2) is 18.9 Å². The maximum absolute atomic E-state index is 6.01. The molecule has 0 aliphatic carbocycles. The van der Waals surface area contributed by atoms with Crippen LogP contribution in [-0.4, -0.2) is 32.1 Å². The Hall–Kier alpha value is -0.910. The van der Waals surface area contributed by atoms with Crippen molar-refractivity contribution in [1.29, 1.82) is 0 Å². The van der Waals surface area contributed by atoms with Gasteiger partial charge in [0.1, 0.15) is 5.75 Å². The number of hydrogen-bond acceptors (Lipinski definition) is 2. The molecular weight excluding hydrogens is 504 g/mol. The predicted octanol–water partition coefficient (Wildman–Crippen LogP) is 6.15. The third kappa shape index (κ3) is 7.35. The zero-order valence-corrected chi connectivity index (χ0v) is 22.4. The molecule has 30 heavy (non-hydrogen) atoms. The number of aryl methyl sites for hydroxylation is 4. The van der Waals surface area contributed by atoms with Crippen LogP contribution in [0, 0.1) is 0 Å². The number of ether oxygens (including phenoxy) is 1. The molecular formula is C25H37Br2N2O+. The maximum atomic E-state index is 6.01. The van der Waals surface area contributed by atoms with Crippen LogP contribution in [0.15, 0.2) is 33.5 Å². The minimum Gasteiger partial charge on any atom is -0.491 e. The summed E-state index contributed by atoms with van der Waals surface area (Å²) >= 11 is 7.41. The number of nitrogens with zero attached hydrogens (tertiary/aromatic N) is 2. The van der Waals surface area contributed by atoms with Gasteiger partial charge in [-0.25, -0.2) is 4.57 Å². The minimum absolute atomic E-state index is 0.717. The van der Waals surface area contributed by atoms with Gasteiger partial charge in [0.05, 0.1) is 15.6 Å². The van der Waals surface area contributed by atoms with Crippen molar-refractivity contribution < 1.29 is 9.30 Å². The zero-order chi connectivity index (χ0) is 22.1. The summed E-state index contributed by atoms with van der Waals surface area (Å²) < 4.78 is 10.4. The normalized spacial score (nSPS) is 11.3. The summed E-state index contributed by atoms with van der Waals surface area (Å²) in [6.07, 6.45) is 11.3. The van der Waals surface area contributed by atoms with Gasteiger partial charge in [0, 0.05) is 24.1 Å². The van der Waals surface area contributed by atoms with Crippen LogP contribution >= 0.6 is 31.9 Å². The Balaban J connectivity index is 2.08. The van der Waals surface area contributed by atoms with Crippen molar-refractivity contribution in [2.45, 2.75) is 65.8 Å². The predicted molar refractivity (Wildman–Crippen MR) is 134 cm³/mol. The maximum Gasteiger partial charge on any atom is 0.172 e. The summed E-state index contributed by atoms with van der Waals surface area (Å²) in [4.78, 5) is 2.18. The van der Waals surface area contributed by atoms with Gasteiger partial charge in [-0.2, -0.15) is 0 Å². The Bertz CT molecular complexity index is 773. The molecule has 3 nitrogen and oxygen atoms in total. The molecule has 0 atom stereocenters. The first kappa shape index (κ1) is 25.4. The van der Waals surface area contributed by atoms with E-state index in [1.54, 1.807) is 5.56 Å². The van der Waals surface area contributed by atoms with Crippen molar-refractivity contribution in [3.8, 4) is 5.75 Å². The van der Waals surface area contributed by atoms with E-state index in [9.17, 15) is 0 Å². The van der Waals surface area contributed by atoms with Gasteiger partial charge in [0.2, 0.25) is 0 Å². The SMILES string of the molecule is CCCc1c(CC)c[n+](CCc2cc(Br)c(OCCCN(C)C)c(Br)c2)cc1CC. The number of hydrogen-bond donors (Lipinski definition) is 0. The Kier molecular flexibility index (Phi) is 10.8. The fourth-order valence-corrected chi connectivity index (χ4v) is 5.33. The Labute approximate surface area is 200 Å². The lowest BCUT2D eigenvalue weighted by Crippen LogP contribution is -2.36. The summed E-state index contributed by atoms with van der Waals surface area (Å²) in [7, 11) is 4.17. The molecule has 0 aliphatic rings. The van der Waals surface area contributed by atoms with Crippen molar-refractivity contribution in [2.24, 2.45) is 0 Å². The van der Waals surface area contributed by atoms with Crippen molar-refractivity contribution in [1.82, 2.24) is 4.90 Å². The van der Waals surface area contributed by atoms with E-state index >= 15 is 0 Å². The highest BCUT2D eigenvalue weighted by Gasteiger charge is 2.15. The van der Waals surface area contributed by atoms with Crippen molar-refractivity contribution in [3.05, 3.63) is 55.7 Å². The van der Waals surface area contributed by atoms with Gasteiger partial charge in [-0.15, -0.1) is 0 Å². The minimum atomic E-state index is 0.717. The second-order valence-corrected chi connectivity index (χ2v) is 9.83. The molecule has 166 valence electrons. The van der Waals surface area contributed by atoms with Gasteiger partial charge < -0.3 is 9.64 Å². The molecule has 0 fully saturated rings. The fourth-order valence-electron chi connectivity index (χ4n) is 3.82. The van der Waals surface area contributed by atoms with Gasteiger partial charge in [0.25, 0.3) is 0 Å². The second kappa shape index (κ2) is 12.8. The van der Waals surface area contributed by atoms with E-state index in [0.717, 1.165) is 53.5 Å². The molecule has 2 rings (SSSR count). The first-order valence-electron chi connectivity index (χ1n) is 11.2. The highest BCUT2D eigenvalue weighted by molar-refractivity contribution is 9.11. The van der Waals surface area contributed by atoms with E-state index in [4.69, 9.17) is 4.74 Å². The van der Waals surface area contributed by atoms with Crippen LogP contribution in [0.5, 0.6) is 5.75 Å². The molecule has 0 spiro atoms. The molecule has 1 aromatic carbocycles. The highest BCUT2D eigenvalue weighted by atomic mass is 79.9. The molecule has 0 aliphatic heterocycles. The number of rotatable bonds is 12. The van der Waals surface area contributed by atoms with Crippen LogP contribution in [0.25, 0.3) is 0 Å². The summed E-state index contributed by atoms with van der Waals surface area (Å²) in [5.41, 5.74) is 5.87. The topological polar surface area (TPSA) is 16.4 Å². The summed E-state index contributed by atoms with van der Waals surface area (Å²) in [5.74, 6) is 0.899. The van der Waals surface area contributed by atoms with Crippen molar-refractivity contribution >= 4 is 31.9 Å². The average molecular weight is 541 g/mol. The number of halogens is 2. The van der Waals surface area contributed by atoms with Crippen molar-refractivity contribution in [2.75, 3.05) is 27.2 Å². The second-order valence-electron chi connectivity index (χ2n) is 8.13. The Morgan fingerprint density at radius 3 is 2.03 bits per heavy atom. The molecule has 0 amide bonds. The Morgan fingerprint density at radius 2 is 1.53 bits per heavy atom. The third-order valence-corrected chi connectivity index (χ3v) is 6.57. The zero-order valence-electron chi connectivity index (χ0n) is 19.2. The number of benzene rings is 1. The fraction of sp³-hybridized carbons (Fsp3) is 0.560. The average Bonchev–Trinajstić information content (AvgIpc) is 2.71. The van der Waals surface area contributed by atoms with E-state index in [2.05, 4.69) is 101 Å². The van der Waals surface area contributed by atoms with Gasteiger partial charge >= 0.3 is 0 Å². The van der Waals surface area contributed by atoms with Gasteiger partial charge in [-0.1, -0.05) is 27.2 Å². The van der Waals surface area contributed by atoms with Crippen molar-refractivity contribution in [3.63, 3.8) is 0 Å². The first-order chi connectivity index (χ1) is 14.4. The lowest BCUT2D eigenvalue weighted by Gasteiger charge is -2.14. The lowest BCUT2D eigenvalue weighted by molar-refractivity contribution is -0.697. The molecule has 1 aromatic heterocycles. The summed E-state index contributed by atoms with van der Waals surface area (Å²) in [5, 5.41) is 0. The molecule has 5 heteroatoms. The molecule has 0 bridgehead atoms. The van der Waals surface area contributed by atoms with E-state index in [-0.39, 0.29) is 0 Å². The smallest absolute Gasteiger partial charge is 0.172 e. The van der Waals surface area contributed by atoms with Crippen LogP contribution in [0.2, 0.25) is 0 Å². The van der Waals surface area contributed by atoms with Crippen LogP contribution in [-0.2, 0) is 32.2 Å². The van der Waals surface area contributed by atoms with Crippen LogP contribution < -0.4 is 9.30 Å². The monoisotopic (exact) mass is 539 g/mol. The van der Waals surface area contributed by atoms with Crippen LogP contribution in [0.4, 0.5) is 0 Å². The number of pyridine rings is 1. The van der Waals surface area contributed by atoms with Gasteiger partial charge in [-0.3, -0.25) is 0 Å². The third-order valence-electron chi connectivity index (χ3n) is 5.39. The molecule has 0 N–H and O–H groups in total. The van der Waals surface area contributed by atoms with Crippen LogP contribution in [0.3, 0.4) is 0 Å². The largest absolute Gasteiger partial charge is 0.491 e. The molecule has 0 radical (unpaired) electrons.